The number of aromatic amines is 1. The molecular weight excluding hydrogens is 591 g/mol. The summed E-state index contributed by atoms with van der Waals surface area (Å²) in [7, 11) is -4.19. The molecule has 4 rings (SSSR count). The van der Waals surface area contributed by atoms with Crippen LogP contribution in [0.4, 0.5) is 5.95 Å². The van der Waals surface area contributed by atoms with Crippen LogP contribution < -0.4 is 20.9 Å². The van der Waals surface area contributed by atoms with Crippen LogP contribution in [0.1, 0.15) is 59.8 Å². The Morgan fingerprint density at radius 1 is 1.20 bits per heavy atom. The molecule has 3 aromatic rings. The van der Waals surface area contributed by atoms with Crippen molar-refractivity contribution in [2.75, 3.05) is 18.9 Å². The van der Waals surface area contributed by atoms with E-state index in [9.17, 15) is 18.9 Å². The van der Waals surface area contributed by atoms with Gasteiger partial charge in [-0.15, -0.1) is 0 Å². The second kappa shape index (κ2) is 14.2. The highest BCUT2D eigenvalue weighted by molar-refractivity contribution is 7.52. The topological polar surface area (TPSA) is 190 Å². The zero-order chi connectivity index (χ0) is 31.9. The van der Waals surface area contributed by atoms with Crippen molar-refractivity contribution in [2.45, 2.75) is 71.9 Å². The highest BCUT2D eigenvalue weighted by Crippen LogP contribution is 2.56. The second-order valence-corrected chi connectivity index (χ2v) is 12.6. The fourth-order valence-electron chi connectivity index (χ4n) is 4.51. The van der Waals surface area contributed by atoms with Crippen LogP contribution in [0.15, 0.2) is 47.0 Å². The zero-order valence-electron chi connectivity index (χ0n) is 25.3. The number of carbonyl (C=O) groups excluding carboxylic acids is 2. The number of esters is 2. The Bertz CT molecular complexity index is 1610. The molecule has 1 aromatic carbocycles. The minimum atomic E-state index is -4.19. The maximum Gasteiger partial charge on any atom is 0.459 e. The molecular formula is C29H39N6O8P. The lowest BCUT2D eigenvalue weighted by Crippen LogP contribution is -2.37. The highest BCUT2D eigenvalue weighted by atomic mass is 31.2. The highest BCUT2D eigenvalue weighted by Gasteiger charge is 2.52. The largest absolute Gasteiger partial charge is 0.465 e. The number of anilines is 1. The molecule has 44 heavy (non-hydrogen) atoms. The number of H-pyrrole nitrogens is 1. The Morgan fingerprint density at radius 2 is 1.95 bits per heavy atom. The normalized spacial score (nSPS) is 19.7. The van der Waals surface area contributed by atoms with Crippen LogP contribution in [0.25, 0.3) is 17.4 Å². The van der Waals surface area contributed by atoms with Gasteiger partial charge in [-0.25, -0.2) is 9.55 Å². The molecule has 2 aromatic heterocycles. The molecule has 0 aliphatic heterocycles. The SMILES string of the molecule is CCCC(=O)OCC1(CO[P@@](=O)(NC(C)C(=O)OC(C)CCC)Oc2ccccc2)C/C1=C/n1cnc2c(=O)[nH]c(N)nc21. The monoisotopic (exact) mass is 630 g/mol. The third-order valence-electron chi connectivity index (χ3n) is 6.99. The Labute approximate surface area is 254 Å². The van der Waals surface area contributed by atoms with Gasteiger partial charge in [0.25, 0.3) is 5.56 Å². The summed E-state index contributed by atoms with van der Waals surface area (Å²) in [5.74, 6) is -0.789. The van der Waals surface area contributed by atoms with Crippen molar-refractivity contribution >= 4 is 43.0 Å². The van der Waals surface area contributed by atoms with E-state index in [4.69, 9.17) is 24.3 Å². The van der Waals surface area contributed by atoms with E-state index in [1.807, 2.05) is 13.8 Å². The van der Waals surface area contributed by atoms with Gasteiger partial charge in [-0.1, -0.05) is 38.5 Å². The smallest absolute Gasteiger partial charge is 0.459 e. The minimum absolute atomic E-state index is 0.0576. The number of imidazole rings is 1. The molecule has 4 N–H and O–H groups in total. The van der Waals surface area contributed by atoms with Crippen LogP contribution in [0, 0.1) is 5.41 Å². The summed E-state index contributed by atoms with van der Waals surface area (Å²) in [5, 5.41) is 2.70. The first-order valence-electron chi connectivity index (χ1n) is 14.5. The lowest BCUT2D eigenvalue weighted by atomic mass is 10.1. The molecule has 0 spiro atoms. The maximum absolute atomic E-state index is 14.1. The molecule has 1 fully saturated rings. The number of fused-ring (bicyclic) bond motifs is 1. The van der Waals surface area contributed by atoms with E-state index in [2.05, 4.69) is 20.0 Å². The number of para-hydroxylation sites is 1. The predicted octanol–water partition coefficient (Wildman–Crippen LogP) is 4.19. The Morgan fingerprint density at radius 3 is 2.66 bits per heavy atom. The first-order valence-corrected chi connectivity index (χ1v) is 16.1. The number of nitrogen functional groups attached to an aromatic ring is 1. The fourth-order valence-corrected chi connectivity index (χ4v) is 6.08. The Balaban J connectivity index is 1.59. The van der Waals surface area contributed by atoms with Crippen molar-refractivity contribution < 1.29 is 32.7 Å². The molecule has 3 unspecified atom stereocenters. The van der Waals surface area contributed by atoms with Crippen LogP contribution >= 0.6 is 7.75 Å². The summed E-state index contributed by atoms with van der Waals surface area (Å²) in [6.45, 7) is 6.91. The average Bonchev–Trinajstić information content (AvgIpc) is 3.50. The summed E-state index contributed by atoms with van der Waals surface area (Å²) in [6, 6.07) is 7.39. The molecule has 238 valence electrons. The van der Waals surface area contributed by atoms with Gasteiger partial charge in [0.15, 0.2) is 11.2 Å². The van der Waals surface area contributed by atoms with Gasteiger partial charge in [0.1, 0.15) is 24.7 Å². The van der Waals surface area contributed by atoms with E-state index in [-0.39, 0.29) is 54.6 Å². The Kier molecular flexibility index (Phi) is 10.6. The molecule has 0 saturated heterocycles. The second-order valence-electron chi connectivity index (χ2n) is 10.9. The van der Waals surface area contributed by atoms with Gasteiger partial charge < -0.3 is 19.7 Å². The van der Waals surface area contributed by atoms with Gasteiger partial charge in [0.05, 0.1) is 18.1 Å². The summed E-state index contributed by atoms with van der Waals surface area (Å²) >= 11 is 0. The molecule has 1 saturated carbocycles. The summed E-state index contributed by atoms with van der Waals surface area (Å²) in [6.07, 6.45) is 5.58. The standard InChI is InChI=1S/C29H39N6O8P/c1-5-10-19(3)42-27(38)20(4)34-44(39,43-22-12-8-7-9-13-22)41-17-29(16-40-23(36)11-6-2)14-21(29)15-35-18-31-24-25(35)32-28(30)33-26(24)37/h7-9,12-13,15,18-20H,5-6,10-11,14,16-17H2,1-4H3,(H,34,39)(H3,30,32,33,37)/b21-15-/t19?,20?,29?,44-/m0/s1. The van der Waals surface area contributed by atoms with Crippen molar-refractivity contribution in [3.05, 3.63) is 52.6 Å². The van der Waals surface area contributed by atoms with Crippen molar-refractivity contribution in [1.82, 2.24) is 24.6 Å². The van der Waals surface area contributed by atoms with Gasteiger partial charge in [-0.2, -0.15) is 10.1 Å². The third kappa shape index (κ3) is 8.34. The van der Waals surface area contributed by atoms with E-state index in [0.717, 1.165) is 12.0 Å². The number of nitrogens with one attached hydrogen (secondary N) is 2. The Hall–Kier alpha value is -4.00. The van der Waals surface area contributed by atoms with Gasteiger partial charge in [0, 0.05) is 12.6 Å². The molecule has 1 aliphatic carbocycles. The molecule has 2 heterocycles. The van der Waals surface area contributed by atoms with E-state index < -0.39 is 30.7 Å². The molecule has 14 nitrogen and oxygen atoms in total. The van der Waals surface area contributed by atoms with Crippen LogP contribution in [0.3, 0.4) is 0 Å². The zero-order valence-corrected chi connectivity index (χ0v) is 26.2. The first-order chi connectivity index (χ1) is 21.0. The summed E-state index contributed by atoms with van der Waals surface area (Å²) < 4.78 is 38.5. The third-order valence-corrected chi connectivity index (χ3v) is 8.62. The van der Waals surface area contributed by atoms with Gasteiger partial charge >= 0.3 is 19.7 Å². The summed E-state index contributed by atoms with van der Waals surface area (Å²) in [5.41, 5.74) is 5.49. The number of ether oxygens (including phenoxy) is 2. The van der Waals surface area contributed by atoms with E-state index >= 15 is 0 Å². The quantitative estimate of drug-likeness (QED) is 0.151. The average molecular weight is 631 g/mol. The van der Waals surface area contributed by atoms with Crippen LogP contribution in [-0.4, -0.2) is 56.8 Å². The number of hydrogen-bond donors (Lipinski definition) is 3. The lowest BCUT2D eigenvalue weighted by Gasteiger charge is -2.25. The molecule has 1 aliphatic rings. The van der Waals surface area contributed by atoms with E-state index in [1.54, 1.807) is 48.0 Å². The molecule has 0 amide bonds. The van der Waals surface area contributed by atoms with Gasteiger partial charge in [0.2, 0.25) is 5.95 Å². The summed E-state index contributed by atoms with van der Waals surface area (Å²) in [4.78, 5) is 48.0. The number of benzene rings is 1. The van der Waals surface area contributed by atoms with Crippen LogP contribution in [0.5, 0.6) is 5.75 Å². The van der Waals surface area contributed by atoms with Crippen LogP contribution in [-0.2, 0) is 28.2 Å². The van der Waals surface area contributed by atoms with Gasteiger partial charge in [-0.3, -0.25) is 28.5 Å². The van der Waals surface area contributed by atoms with Crippen molar-refractivity contribution in [3.63, 3.8) is 0 Å². The number of hydrogen-bond acceptors (Lipinski definition) is 11. The fraction of sp³-hybridized carbons (Fsp3) is 0.483. The predicted molar refractivity (Wildman–Crippen MR) is 163 cm³/mol. The number of rotatable bonds is 16. The van der Waals surface area contributed by atoms with Crippen LogP contribution in [0.2, 0.25) is 0 Å². The van der Waals surface area contributed by atoms with Gasteiger partial charge in [-0.05, 0) is 50.8 Å². The number of aromatic nitrogens is 4. The van der Waals surface area contributed by atoms with E-state index in [0.29, 0.717) is 19.3 Å². The molecule has 0 bridgehead atoms. The van der Waals surface area contributed by atoms with E-state index in [1.165, 1.54) is 13.3 Å². The minimum Gasteiger partial charge on any atom is -0.465 e. The lowest BCUT2D eigenvalue weighted by molar-refractivity contribution is -0.150. The number of nitrogens with two attached hydrogens (primary N) is 1. The number of carbonyl (C=O) groups is 2. The number of nitrogens with zero attached hydrogens (tertiary/aromatic N) is 3. The van der Waals surface area contributed by atoms with Crippen molar-refractivity contribution in [1.29, 1.82) is 0 Å². The van der Waals surface area contributed by atoms with Crippen molar-refractivity contribution in [2.24, 2.45) is 5.41 Å². The molecule has 4 atom stereocenters. The molecule has 15 heteroatoms. The maximum atomic E-state index is 14.1. The molecule has 0 radical (unpaired) electrons. The first kappa shape index (κ1) is 32.9. The van der Waals surface area contributed by atoms with Crippen molar-refractivity contribution in [3.8, 4) is 5.75 Å².